The number of fused-ring (bicyclic) bond motifs is 7. The van der Waals surface area contributed by atoms with Gasteiger partial charge in [-0.25, -0.2) is 0 Å². The minimum Gasteiger partial charge on any atom is -0.393 e. The molecule has 1 aromatic carbocycles. The number of aliphatic hydroxyl groups is 2. The van der Waals surface area contributed by atoms with Crippen molar-refractivity contribution in [3.8, 4) is 0 Å². The van der Waals surface area contributed by atoms with Crippen molar-refractivity contribution >= 4 is 11.6 Å². The van der Waals surface area contributed by atoms with Crippen molar-refractivity contribution in [1.82, 2.24) is 5.32 Å². The van der Waals surface area contributed by atoms with Crippen molar-refractivity contribution in [2.45, 2.75) is 82.1 Å². The second-order valence-electron chi connectivity index (χ2n) is 15.0. The maximum atomic E-state index is 13.8. The molecule has 0 amide bonds. The highest BCUT2D eigenvalue weighted by molar-refractivity contribution is 6.01. The predicted molar refractivity (Wildman–Crippen MR) is 157 cm³/mol. The number of hydrogen-bond acceptors (Lipinski definition) is 8. The van der Waals surface area contributed by atoms with Gasteiger partial charge < -0.3 is 29.7 Å². The van der Waals surface area contributed by atoms with E-state index in [1.54, 1.807) is 12.2 Å². The van der Waals surface area contributed by atoms with Crippen LogP contribution in [0.25, 0.3) is 0 Å². The average Bonchev–Trinajstić information content (AvgIpc) is 3.64. The first-order chi connectivity index (χ1) is 20.6. The van der Waals surface area contributed by atoms with Gasteiger partial charge in [-0.15, -0.1) is 0 Å². The fourth-order valence-electron chi connectivity index (χ4n) is 10.7. The Morgan fingerprint density at radius 2 is 1.93 bits per heavy atom. The molecule has 8 heteroatoms. The van der Waals surface area contributed by atoms with Crippen LogP contribution in [0.4, 0.5) is 0 Å². The summed E-state index contributed by atoms with van der Waals surface area (Å²) in [5.74, 6) is 0.321. The molecule has 3 saturated carbocycles. The molecule has 0 aromatic heterocycles. The van der Waals surface area contributed by atoms with Crippen LogP contribution in [0.2, 0.25) is 0 Å². The highest BCUT2D eigenvalue weighted by Crippen LogP contribution is 2.70. The van der Waals surface area contributed by atoms with Gasteiger partial charge in [0.1, 0.15) is 6.61 Å². The van der Waals surface area contributed by atoms with Gasteiger partial charge in [0, 0.05) is 35.4 Å². The Balaban J connectivity index is 1.05. The summed E-state index contributed by atoms with van der Waals surface area (Å²) in [4.78, 5) is 25.9. The van der Waals surface area contributed by atoms with Crippen LogP contribution in [0.15, 0.2) is 48.1 Å². The van der Waals surface area contributed by atoms with E-state index in [1.165, 1.54) is 5.56 Å². The van der Waals surface area contributed by atoms with Crippen molar-refractivity contribution in [3.63, 3.8) is 0 Å². The van der Waals surface area contributed by atoms with Crippen molar-refractivity contribution in [1.29, 1.82) is 0 Å². The van der Waals surface area contributed by atoms with E-state index in [0.717, 1.165) is 56.5 Å². The van der Waals surface area contributed by atoms with Gasteiger partial charge >= 0.3 is 0 Å². The first-order valence-electron chi connectivity index (χ1n) is 16.1. The molecule has 0 bridgehead atoms. The Hall–Kier alpha value is -2.20. The molecule has 230 valence electrons. The van der Waals surface area contributed by atoms with Crippen molar-refractivity contribution in [2.75, 3.05) is 26.3 Å². The highest BCUT2D eigenvalue weighted by Gasteiger charge is 2.75. The molecule has 10 atom stereocenters. The zero-order chi connectivity index (χ0) is 29.8. The van der Waals surface area contributed by atoms with Crippen LogP contribution in [0.5, 0.6) is 0 Å². The minimum atomic E-state index is -1.33. The van der Waals surface area contributed by atoms with E-state index in [-0.39, 0.29) is 34.9 Å². The zero-order valence-corrected chi connectivity index (χ0v) is 25.1. The lowest BCUT2D eigenvalue weighted by atomic mass is 9.46. The Labute approximate surface area is 252 Å². The van der Waals surface area contributed by atoms with E-state index in [2.05, 4.69) is 31.3 Å². The number of carbonyl (C=O) groups excluding carboxylic acids is 2. The summed E-state index contributed by atoms with van der Waals surface area (Å²) in [6.07, 6.45) is 8.18. The third kappa shape index (κ3) is 3.90. The first kappa shape index (κ1) is 28.3. The summed E-state index contributed by atoms with van der Waals surface area (Å²) >= 11 is 0. The van der Waals surface area contributed by atoms with E-state index < -0.39 is 41.5 Å². The molecule has 4 aliphatic carbocycles. The van der Waals surface area contributed by atoms with Gasteiger partial charge in [0.15, 0.2) is 23.5 Å². The van der Waals surface area contributed by atoms with Gasteiger partial charge in [0.05, 0.1) is 24.4 Å². The number of rotatable bonds is 5. The van der Waals surface area contributed by atoms with E-state index in [0.29, 0.717) is 18.8 Å². The molecular formula is C35H43NO7. The summed E-state index contributed by atoms with van der Waals surface area (Å²) in [5, 5.41) is 25.4. The standard InChI is InChI=1S/C35H43NO7/c1-32-10-9-24(38)12-23(32)7-8-25-26-13-29-35(28(40)16-37,33(26,2)15-27(39)30(25)32)43-31(42-29)22-5-3-20(4-6-22)11-21-14-34(41-17-21)18-36-19-34/h3-6,9-10,12,21,25-27,29-31,36-37,39H,7-8,11,13-19H2,1-2H3/t21?,25-,26-,27-,29+,30+,31+,32-,33-,35+/m0/s1. The summed E-state index contributed by atoms with van der Waals surface area (Å²) in [5.41, 5.74) is 0.817. The molecule has 43 heavy (non-hydrogen) atoms. The van der Waals surface area contributed by atoms with Crippen LogP contribution in [-0.2, 0) is 30.2 Å². The summed E-state index contributed by atoms with van der Waals surface area (Å²) in [6, 6.07) is 8.31. The Bertz CT molecular complexity index is 1400. The second kappa shape index (κ2) is 9.65. The van der Waals surface area contributed by atoms with Crippen LogP contribution in [0.3, 0.4) is 0 Å². The molecule has 8 nitrogen and oxygen atoms in total. The lowest BCUT2D eigenvalue weighted by Gasteiger charge is -2.59. The van der Waals surface area contributed by atoms with Crippen molar-refractivity contribution < 1.29 is 34.0 Å². The van der Waals surface area contributed by atoms with E-state index >= 15 is 0 Å². The molecule has 8 rings (SSSR count). The van der Waals surface area contributed by atoms with Crippen LogP contribution in [-0.4, -0.2) is 71.5 Å². The molecule has 1 aromatic rings. The number of ether oxygens (including phenoxy) is 3. The number of benzene rings is 1. The smallest absolute Gasteiger partial charge is 0.193 e. The third-order valence-corrected chi connectivity index (χ3v) is 12.8. The number of hydrogen-bond donors (Lipinski definition) is 3. The lowest BCUT2D eigenvalue weighted by Crippen LogP contribution is -2.63. The summed E-state index contributed by atoms with van der Waals surface area (Å²) in [7, 11) is 0. The number of allylic oxidation sites excluding steroid dienone is 4. The fourth-order valence-corrected chi connectivity index (χ4v) is 10.7. The molecule has 6 fully saturated rings. The average molecular weight is 590 g/mol. The van der Waals surface area contributed by atoms with Crippen LogP contribution >= 0.6 is 0 Å². The molecule has 3 N–H and O–H groups in total. The molecule has 3 heterocycles. The summed E-state index contributed by atoms with van der Waals surface area (Å²) in [6.45, 7) is 6.27. The Morgan fingerprint density at radius 3 is 2.63 bits per heavy atom. The van der Waals surface area contributed by atoms with Crippen molar-refractivity contribution in [2.24, 2.45) is 34.5 Å². The SMILES string of the molecule is C[C@]12C=CC(=O)C=C1CC[C@@H]1[C@@H]2[C@@H](O)C[C@@]2(C)[C@H]1C[C@H]1O[C@@H](c3ccc(CC4COC5(CNC5)C4)cc3)O[C@]12C(=O)CO. The van der Waals surface area contributed by atoms with Crippen molar-refractivity contribution in [3.05, 3.63) is 59.2 Å². The number of ketones is 2. The maximum absolute atomic E-state index is 13.8. The monoisotopic (exact) mass is 589 g/mol. The first-order valence-corrected chi connectivity index (χ1v) is 16.1. The van der Waals surface area contributed by atoms with Gasteiger partial charge in [0.25, 0.3) is 0 Å². The second-order valence-corrected chi connectivity index (χ2v) is 15.0. The minimum absolute atomic E-state index is 0.0111. The van der Waals surface area contributed by atoms with Gasteiger partial charge in [-0.2, -0.15) is 0 Å². The lowest BCUT2D eigenvalue weighted by molar-refractivity contribution is -0.201. The summed E-state index contributed by atoms with van der Waals surface area (Å²) < 4.78 is 19.4. The van der Waals surface area contributed by atoms with Gasteiger partial charge in [0.2, 0.25) is 0 Å². The third-order valence-electron chi connectivity index (χ3n) is 12.8. The largest absolute Gasteiger partial charge is 0.393 e. The van der Waals surface area contributed by atoms with E-state index in [4.69, 9.17) is 14.2 Å². The van der Waals surface area contributed by atoms with Crippen LogP contribution in [0, 0.1) is 34.5 Å². The van der Waals surface area contributed by atoms with Gasteiger partial charge in [-0.1, -0.05) is 49.8 Å². The Kier molecular flexibility index (Phi) is 6.35. The molecule has 1 unspecified atom stereocenters. The number of aliphatic hydroxyl groups excluding tert-OH is 2. The normalized spacial score (nSPS) is 45.6. The number of carbonyl (C=O) groups is 2. The Morgan fingerprint density at radius 1 is 1.14 bits per heavy atom. The maximum Gasteiger partial charge on any atom is 0.193 e. The van der Waals surface area contributed by atoms with Gasteiger partial charge in [-0.3, -0.25) is 9.59 Å². The topological polar surface area (TPSA) is 114 Å². The number of nitrogens with one attached hydrogen (secondary N) is 1. The zero-order valence-electron chi connectivity index (χ0n) is 25.1. The molecule has 3 aliphatic heterocycles. The van der Waals surface area contributed by atoms with Crippen LogP contribution < -0.4 is 5.32 Å². The molecule has 7 aliphatic rings. The number of Topliss-reactive ketones (excluding diaryl/α,β-unsaturated/α-hetero) is 1. The quantitative estimate of drug-likeness (QED) is 0.480. The fraction of sp³-hybridized carbons (Fsp3) is 0.657. The predicted octanol–water partition coefficient (Wildman–Crippen LogP) is 3.21. The molecule has 1 spiro atoms. The van der Waals surface area contributed by atoms with Gasteiger partial charge in [-0.05, 0) is 74.0 Å². The van der Waals surface area contributed by atoms with Crippen LogP contribution in [0.1, 0.15) is 63.4 Å². The van der Waals surface area contributed by atoms with E-state index in [1.807, 2.05) is 18.2 Å². The molecule has 0 radical (unpaired) electrons. The van der Waals surface area contributed by atoms with E-state index in [9.17, 15) is 19.8 Å². The molecular weight excluding hydrogens is 546 g/mol. The highest BCUT2D eigenvalue weighted by atomic mass is 16.7. The molecule has 3 saturated heterocycles.